The van der Waals surface area contributed by atoms with E-state index < -0.39 is 0 Å². The van der Waals surface area contributed by atoms with E-state index in [0.717, 1.165) is 32.5 Å². The van der Waals surface area contributed by atoms with Gasteiger partial charge in [0.25, 0.3) is 0 Å². The van der Waals surface area contributed by atoms with Crippen LogP contribution in [-0.2, 0) is 9.53 Å². The van der Waals surface area contributed by atoms with Crippen LogP contribution in [0.1, 0.15) is 78.1 Å². The minimum Gasteiger partial charge on any atom is -0.464 e. The molecule has 0 N–H and O–H groups in total. The van der Waals surface area contributed by atoms with Crippen LogP contribution < -0.4 is 0 Å². The molecule has 2 rings (SSSR count). The largest absolute Gasteiger partial charge is 0.464 e. The van der Waals surface area contributed by atoms with Crippen LogP contribution in [0, 0.1) is 11.3 Å². The Hall–Kier alpha value is 0.01000. The van der Waals surface area contributed by atoms with Crippen molar-refractivity contribution < 1.29 is 9.53 Å². The predicted molar refractivity (Wildman–Crippen MR) is 105 cm³/mol. The summed E-state index contributed by atoms with van der Waals surface area (Å²) in [5, 5.41) is 0. The van der Waals surface area contributed by atoms with Gasteiger partial charge < -0.3 is 9.64 Å². The minimum atomic E-state index is -0.137. The SMILES string of the molecule is CCN(CC)CCOC(=O)C1(C2CCCCC2)CCCCC1.Cl.Cl. The van der Waals surface area contributed by atoms with Crippen molar-refractivity contribution in [2.45, 2.75) is 78.1 Å². The molecule has 0 aromatic rings. The molecule has 144 valence electrons. The standard InChI is InChI=1S/C19H35NO2.2ClH/c1-3-20(4-2)15-16-22-18(21)19(13-9-6-10-14-19)17-11-7-5-8-12-17;;/h17H,3-16H2,1-2H3;2*1H. The Kier molecular flexibility index (Phi) is 12.4. The summed E-state index contributed by atoms with van der Waals surface area (Å²) in [6.07, 6.45) is 12.3. The average Bonchev–Trinajstić information content (AvgIpc) is 2.60. The molecule has 24 heavy (non-hydrogen) atoms. The highest BCUT2D eigenvalue weighted by Gasteiger charge is 2.47. The van der Waals surface area contributed by atoms with Crippen molar-refractivity contribution in [2.75, 3.05) is 26.2 Å². The Morgan fingerprint density at radius 1 is 0.958 bits per heavy atom. The lowest BCUT2D eigenvalue weighted by molar-refractivity contribution is -0.164. The van der Waals surface area contributed by atoms with Gasteiger partial charge >= 0.3 is 5.97 Å². The molecule has 3 nitrogen and oxygen atoms in total. The topological polar surface area (TPSA) is 29.5 Å². The summed E-state index contributed by atoms with van der Waals surface area (Å²) in [6.45, 7) is 7.82. The van der Waals surface area contributed by atoms with Gasteiger partial charge in [0.15, 0.2) is 0 Å². The van der Waals surface area contributed by atoms with E-state index in [2.05, 4.69) is 18.7 Å². The van der Waals surface area contributed by atoms with Gasteiger partial charge in [0, 0.05) is 6.54 Å². The second-order valence-electron chi connectivity index (χ2n) is 7.21. The molecular formula is C19H37Cl2NO2. The highest BCUT2D eigenvalue weighted by molar-refractivity contribution is 5.85. The maximum atomic E-state index is 12.9. The summed E-state index contributed by atoms with van der Waals surface area (Å²) >= 11 is 0. The monoisotopic (exact) mass is 381 g/mol. The summed E-state index contributed by atoms with van der Waals surface area (Å²) in [5.41, 5.74) is -0.137. The van der Waals surface area contributed by atoms with Crippen LogP contribution in [0.2, 0.25) is 0 Å². The highest BCUT2D eigenvalue weighted by atomic mass is 35.5. The molecule has 2 aliphatic rings. The van der Waals surface area contributed by atoms with Crippen molar-refractivity contribution in [1.82, 2.24) is 4.90 Å². The van der Waals surface area contributed by atoms with Crippen LogP contribution in [0.25, 0.3) is 0 Å². The minimum absolute atomic E-state index is 0. The molecular weight excluding hydrogens is 345 g/mol. The van der Waals surface area contributed by atoms with E-state index in [0.29, 0.717) is 12.5 Å². The Labute approximate surface area is 161 Å². The fourth-order valence-electron chi connectivity index (χ4n) is 4.57. The maximum Gasteiger partial charge on any atom is 0.312 e. The van der Waals surface area contributed by atoms with Gasteiger partial charge in [0.05, 0.1) is 5.41 Å². The van der Waals surface area contributed by atoms with Crippen LogP contribution in [-0.4, -0.2) is 37.1 Å². The van der Waals surface area contributed by atoms with Crippen LogP contribution in [0.3, 0.4) is 0 Å². The molecule has 0 aromatic heterocycles. The summed E-state index contributed by atoms with van der Waals surface area (Å²) in [6, 6.07) is 0. The molecule has 0 radical (unpaired) electrons. The molecule has 2 aliphatic carbocycles. The normalized spacial score (nSPS) is 20.8. The zero-order chi connectivity index (χ0) is 15.8. The third kappa shape index (κ3) is 6.07. The van der Waals surface area contributed by atoms with E-state index in [9.17, 15) is 4.79 Å². The fourth-order valence-corrected chi connectivity index (χ4v) is 4.57. The average molecular weight is 382 g/mol. The van der Waals surface area contributed by atoms with Gasteiger partial charge in [-0.3, -0.25) is 4.79 Å². The van der Waals surface area contributed by atoms with Crippen molar-refractivity contribution in [3.63, 3.8) is 0 Å². The van der Waals surface area contributed by atoms with Crippen molar-refractivity contribution in [1.29, 1.82) is 0 Å². The maximum absolute atomic E-state index is 12.9. The number of carbonyl (C=O) groups excluding carboxylic acids is 1. The van der Waals surface area contributed by atoms with Crippen LogP contribution in [0.5, 0.6) is 0 Å². The van der Waals surface area contributed by atoms with Gasteiger partial charge in [-0.05, 0) is 44.7 Å². The van der Waals surface area contributed by atoms with Gasteiger partial charge in [-0.2, -0.15) is 0 Å². The lowest BCUT2D eigenvalue weighted by Gasteiger charge is -2.43. The van der Waals surface area contributed by atoms with Crippen LogP contribution in [0.15, 0.2) is 0 Å². The van der Waals surface area contributed by atoms with Crippen LogP contribution in [0.4, 0.5) is 0 Å². The number of halogens is 2. The van der Waals surface area contributed by atoms with Gasteiger partial charge in [-0.25, -0.2) is 0 Å². The first-order valence-corrected chi connectivity index (χ1v) is 9.62. The van der Waals surface area contributed by atoms with Crippen molar-refractivity contribution in [3.05, 3.63) is 0 Å². The molecule has 0 heterocycles. The van der Waals surface area contributed by atoms with E-state index in [1.54, 1.807) is 0 Å². The molecule has 0 aliphatic heterocycles. The second kappa shape index (κ2) is 12.4. The van der Waals surface area contributed by atoms with Gasteiger partial charge in [0.2, 0.25) is 0 Å². The van der Waals surface area contributed by atoms with Gasteiger partial charge in [-0.15, -0.1) is 24.8 Å². The number of carbonyl (C=O) groups is 1. The molecule has 0 spiro atoms. The molecule has 0 bridgehead atoms. The molecule has 2 fully saturated rings. The summed E-state index contributed by atoms with van der Waals surface area (Å²) < 4.78 is 5.79. The summed E-state index contributed by atoms with van der Waals surface area (Å²) in [7, 11) is 0. The van der Waals surface area contributed by atoms with E-state index in [-0.39, 0.29) is 36.2 Å². The van der Waals surface area contributed by atoms with Gasteiger partial charge in [0.1, 0.15) is 6.61 Å². The zero-order valence-electron chi connectivity index (χ0n) is 15.6. The number of likely N-dealkylation sites (N-methyl/N-ethyl adjacent to an activating group) is 1. The van der Waals surface area contributed by atoms with Crippen LogP contribution >= 0.6 is 24.8 Å². The van der Waals surface area contributed by atoms with Crippen molar-refractivity contribution in [3.8, 4) is 0 Å². The fraction of sp³-hybridized carbons (Fsp3) is 0.947. The predicted octanol–water partition coefficient (Wildman–Crippen LogP) is 5.25. The smallest absolute Gasteiger partial charge is 0.312 e. The molecule has 5 heteroatoms. The lowest BCUT2D eigenvalue weighted by atomic mass is 9.62. The first kappa shape index (κ1) is 24.0. The number of ether oxygens (including phenoxy) is 1. The number of rotatable bonds is 7. The lowest BCUT2D eigenvalue weighted by Crippen LogP contribution is -2.43. The van der Waals surface area contributed by atoms with E-state index in [1.807, 2.05) is 0 Å². The molecule has 2 saturated carbocycles. The number of hydrogen-bond acceptors (Lipinski definition) is 3. The third-order valence-electron chi connectivity index (χ3n) is 6.07. The molecule has 0 saturated heterocycles. The molecule has 0 aromatic carbocycles. The zero-order valence-corrected chi connectivity index (χ0v) is 17.2. The molecule has 0 atom stereocenters. The highest BCUT2D eigenvalue weighted by Crippen LogP contribution is 2.49. The van der Waals surface area contributed by atoms with Crippen molar-refractivity contribution >= 4 is 30.8 Å². The molecule has 0 amide bonds. The molecule has 0 unspecified atom stereocenters. The second-order valence-corrected chi connectivity index (χ2v) is 7.21. The Morgan fingerprint density at radius 2 is 1.50 bits per heavy atom. The number of esters is 1. The first-order valence-electron chi connectivity index (χ1n) is 9.62. The summed E-state index contributed by atoms with van der Waals surface area (Å²) in [4.78, 5) is 15.3. The Balaban J connectivity index is 0.00000264. The first-order chi connectivity index (χ1) is 10.7. The Morgan fingerprint density at radius 3 is 2.04 bits per heavy atom. The Bertz CT molecular complexity index is 336. The number of hydrogen-bond donors (Lipinski definition) is 0. The van der Waals surface area contributed by atoms with E-state index in [4.69, 9.17) is 4.74 Å². The number of nitrogens with zero attached hydrogens (tertiary/aromatic N) is 1. The van der Waals surface area contributed by atoms with E-state index in [1.165, 1.54) is 51.4 Å². The quantitative estimate of drug-likeness (QED) is 0.564. The third-order valence-corrected chi connectivity index (χ3v) is 6.07. The summed E-state index contributed by atoms with van der Waals surface area (Å²) in [5.74, 6) is 0.716. The van der Waals surface area contributed by atoms with E-state index >= 15 is 0 Å². The van der Waals surface area contributed by atoms with Gasteiger partial charge in [-0.1, -0.05) is 52.4 Å². The van der Waals surface area contributed by atoms with Crippen molar-refractivity contribution in [2.24, 2.45) is 11.3 Å².